The Morgan fingerprint density at radius 1 is 1.60 bits per heavy atom. The number of aromatic nitrogens is 2. The fraction of sp³-hybridized carbons (Fsp3) is 0.727. The molecule has 0 bridgehead atoms. The van der Waals surface area contributed by atoms with E-state index >= 15 is 0 Å². The molecule has 0 amide bonds. The molecule has 0 saturated heterocycles. The van der Waals surface area contributed by atoms with Crippen LogP contribution in [-0.4, -0.2) is 39.3 Å². The van der Waals surface area contributed by atoms with Gasteiger partial charge in [0.05, 0.1) is 18.6 Å². The Morgan fingerprint density at radius 3 is 3.00 bits per heavy atom. The molecule has 0 radical (unpaired) electrons. The highest BCUT2D eigenvalue weighted by Gasteiger charge is 2.25. The third-order valence-electron chi connectivity index (χ3n) is 2.94. The summed E-state index contributed by atoms with van der Waals surface area (Å²) in [6.07, 6.45) is 6.45. The first kappa shape index (κ1) is 10.6. The van der Waals surface area contributed by atoms with E-state index in [-0.39, 0.29) is 6.61 Å². The Labute approximate surface area is 90.5 Å². The quantitative estimate of drug-likeness (QED) is 0.761. The van der Waals surface area contributed by atoms with Crippen molar-refractivity contribution in [3.63, 3.8) is 0 Å². The Hall–Kier alpha value is -0.870. The van der Waals surface area contributed by atoms with Gasteiger partial charge in [0, 0.05) is 25.3 Å². The van der Waals surface area contributed by atoms with Crippen LogP contribution in [0.15, 0.2) is 12.5 Å². The average Bonchev–Trinajstić information content (AvgIpc) is 2.99. The maximum Gasteiger partial charge on any atom is 0.0951 e. The maximum absolute atomic E-state index is 8.92. The first-order valence-electron chi connectivity index (χ1n) is 5.69. The van der Waals surface area contributed by atoms with Crippen molar-refractivity contribution in [2.75, 3.05) is 19.7 Å². The summed E-state index contributed by atoms with van der Waals surface area (Å²) in [5.74, 6) is 0. The minimum Gasteiger partial charge on any atom is -0.395 e. The van der Waals surface area contributed by atoms with Crippen LogP contribution in [0.25, 0.3) is 0 Å². The molecule has 1 N–H and O–H groups in total. The molecule has 1 heterocycles. The number of aliphatic hydroxyl groups is 1. The lowest BCUT2D eigenvalue weighted by Gasteiger charge is -2.19. The van der Waals surface area contributed by atoms with Crippen LogP contribution in [0.1, 0.15) is 31.5 Å². The van der Waals surface area contributed by atoms with Crippen LogP contribution >= 0.6 is 0 Å². The van der Waals surface area contributed by atoms with Crippen molar-refractivity contribution in [1.82, 2.24) is 14.5 Å². The van der Waals surface area contributed by atoms with E-state index in [1.54, 1.807) is 0 Å². The number of nitrogens with zero attached hydrogens (tertiary/aromatic N) is 3. The minimum atomic E-state index is 0.228. The Bertz CT molecular complexity index is 307. The standard InChI is InChI=1S/C11H19N3O/c1-2-13(5-6-15)8-11-7-12-9-14(11)10-3-4-10/h7,9-10,15H,2-6,8H2,1H3. The summed E-state index contributed by atoms with van der Waals surface area (Å²) < 4.78 is 2.28. The molecule has 1 aliphatic carbocycles. The first-order chi connectivity index (χ1) is 7.35. The van der Waals surface area contributed by atoms with Gasteiger partial charge in [0.25, 0.3) is 0 Å². The van der Waals surface area contributed by atoms with Crippen LogP contribution in [0.3, 0.4) is 0 Å². The molecule has 1 saturated carbocycles. The predicted molar refractivity (Wildman–Crippen MR) is 58.5 cm³/mol. The molecule has 0 unspecified atom stereocenters. The van der Waals surface area contributed by atoms with Crippen molar-refractivity contribution >= 4 is 0 Å². The van der Waals surface area contributed by atoms with Gasteiger partial charge in [-0.2, -0.15) is 0 Å². The molecule has 84 valence electrons. The lowest BCUT2D eigenvalue weighted by Crippen LogP contribution is -2.27. The number of imidazole rings is 1. The summed E-state index contributed by atoms with van der Waals surface area (Å²) in [6, 6.07) is 0.690. The normalized spacial score (nSPS) is 16.2. The lowest BCUT2D eigenvalue weighted by molar-refractivity contribution is 0.194. The number of hydrogen-bond acceptors (Lipinski definition) is 3. The molecular formula is C11H19N3O. The van der Waals surface area contributed by atoms with E-state index in [0.717, 1.165) is 19.6 Å². The summed E-state index contributed by atoms with van der Waals surface area (Å²) in [7, 11) is 0. The SMILES string of the molecule is CCN(CCO)Cc1cncn1C1CC1. The Morgan fingerprint density at radius 2 is 2.40 bits per heavy atom. The van der Waals surface area contributed by atoms with Gasteiger partial charge in [-0.15, -0.1) is 0 Å². The highest BCUT2D eigenvalue weighted by molar-refractivity contribution is 5.03. The van der Waals surface area contributed by atoms with Gasteiger partial charge in [0.1, 0.15) is 0 Å². The zero-order valence-corrected chi connectivity index (χ0v) is 9.26. The zero-order valence-electron chi connectivity index (χ0n) is 9.26. The van der Waals surface area contributed by atoms with Gasteiger partial charge in [-0.3, -0.25) is 4.90 Å². The second-order valence-electron chi connectivity index (χ2n) is 4.12. The fourth-order valence-electron chi connectivity index (χ4n) is 1.86. The highest BCUT2D eigenvalue weighted by atomic mass is 16.3. The van der Waals surface area contributed by atoms with Crippen LogP contribution in [0, 0.1) is 0 Å². The molecule has 0 spiro atoms. The largest absolute Gasteiger partial charge is 0.395 e. The predicted octanol–water partition coefficient (Wildman–Crippen LogP) is 1.03. The smallest absolute Gasteiger partial charge is 0.0951 e. The summed E-state index contributed by atoms with van der Waals surface area (Å²) in [6.45, 7) is 4.95. The fourth-order valence-corrected chi connectivity index (χ4v) is 1.86. The van der Waals surface area contributed by atoms with Crippen molar-refractivity contribution in [2.24, 2.45) is 0 Å². The van der Waals surface area contributed by atoms with Crippen molar-refractivity contribution in [3.05, 3.63) is 18.2 Å². The van der Waals surface area contributed by atoms with Crippen molar-refractivity contribution < 1.29 is 5.11 Å². The zero-order chi connectivity index (χ0) is 10.7. The molecule has 1 fully saturated rings. The summed E-state index contributed by atoms with van der Waals surface area (Å²) in [5, 5.41) is 8.92. The Balaban J connectivity index is 1.98. The molecule has 1 aromatic heterocycles. The van der Waals surface area contributed by atoms with Gasteiger partial charge in [-0.25, -0.2) is 4.98 Å². The van der Waals surface area contributed by atoms with Crippen LogP contribution in [0.4, 0.5) is 0 Å². The number of rotatable bonds is 6. The van der Waals surface area contributed by atoms with Gasteiger partial charge in [0.15, 0.2) is 0 Å². The molecule has 4 nitrogen and oxygen atoms in total. The van der Waals surface area contributed by atoms with E-state index in [2.05, 4.69) is 21.4 Å². The van der Waals surface area contributed by atoms with Crippen molar-refractivity contribution in [2.45, 2.75) is 32.4 Å². The molecule has 1 aromatic rings. The molecule has 1 aliphatic rings. The van der Waals surface area contributed by atoms with Crippen molar-refractivity contribution in [3.8, 4) is 0 Å². The van der Waals surface area contributed by atoms with Gasteiger partial charge >= 0.3 is 0 Å². The van der Waals surface area contributed by atoms with E-state index in [1.807, 2.05) is 12.5 Å². The molecular weight excluding hydrogens is 190 g/mol. The second-order valence-corrected chi connectivity index (χ2v) is 4.12. The molecule has 4 heteroatoms. The van der Waals surface area contributed by atoms with Crippen LogP contribution in [0.5, 0.6) is 0 Å². The van der Waals surface area contributed by atoms with Crippen LogP contribution < -0.4 is 0 Å². The summed E-state index contributed by atoms with van der Waals surface area (Å²) in [4.78, 5) is 6.44. The molecule has 15 heavy (non-hydrogen) atoms. The van der Waals surface area contributed by atoms with E-state index < -0.39 is 0 Å². The highest BCUT2D eigenvalue weighted by Crippen LogP contribution is 2.35. The summed E-state index contributed by atoms with van der Waals surface area (Å²) >= 11 is 0. The number of hydrogen-bond donors (Lipinski definition) is 1. The lowest BCUT2D eigenvalue weighted by atomic mass is 10.3. The monoisotopic (exact) mass is 209 g/mol. The average molecular weight is 209 g/mol. The van der Waals surface area contributed by atoms with E-state index in [9.17, 15) is 0 Å². The van der Waals surface area contributed by atoms with Crippen LogP contribution in [-0.2, 0) is 6.54 Å². The first-order valence-corrected chi connectivity index (χ1v) is 5.69. The molecule has 0 aliphatic heterocycles. The Kier molecular flexibility index (Phi) is 3.38. The maximum atomic E-state index is 8.92. The topological polar surface area (TPSA) is 41.3 Å². The number of aliphatic hydroxyl groups excluding tert-OH is 1. The van der Waals surface area contributed by atoms with Crippen molar-refractivity contribution in [1.29, 1.82) is 0 Å². The third kappa shape index (κ3) is 2.58. The van der Waals surface area contributed by atoms with Gasteiger partial charge < -0.3 is 9.67 Å². The second kappa shape index (κ2) is 4.77. The van der Waals surface area contributed by atoms with E-state index in [4.69, 9.17) is 5.11 Å². The van der Waals surface area contributed by atoms with Crippen LogP contribution in [0.2, 0.25) is 0 Å². The van der Waals surface area contributed by atoms with E-state index in [1.165, 1.54) is 18.5 Å². The van der Waals surface area contributed by atoms with E-state index in [0.29, 0.717) is 6.04 Å². The minimum absolute atomic E-state index is 0.228. The molecule has 2 rings (SSSR count). The molecule has 0 aromatic carbocycles. The molecule has 0 atom stereocenters. The van der Waals surface area contributed by atoms with Gasteiger partial charge in [-0.1, -0.05) is 6.92 Å². The number of likely N-dealkylation sites (N-methyl/N-ethyl adjacent to an activating group) is 1. The third-order valence-corrected chi connectivity index (χ3v) is 2.94. The summed E-state index contributed by atoms with van der Waals surface area (Å²) in [5.41, 5.74) is 1.27. The van der Waals surface area contributed by atoms with Gasteiger partial charge in [0.2, 0.25) is 0 Å². The van der Waals surface area contributed by atoms with Gasteiger partial charge in [-0.05, 0) is 19.4 Å².